The van der Waals surface area contributed by atoms with Gasteiger partial charge in [-0.1, -0.05) is 32.0 Å². The lowest BCUT2D eigenvalue weighted by atomic mass is 9.86. The molecular weight excluding hydrogens is 356 g/mol. The van der Waals surface area contributed by atoms with Crippen molar-refractivity contribution in [2.24, 2.45) is 5.92 Å². The molecule has 0 spiro atoms. The molecule has 2 heterocycles. The van der Waals surface area contributed by atoms with Crippen molar-refractivity contribution in [3.8, 4) is 0 Å². The van der Waals surface area contributed by atoms with Gasteiger partial charge in [-0.3, -0.25) is 19.7 Å². The molecule has 6 heteroatoms. The number of amides is 2. The van der Waals surface area contributed by atoms with Crippen LogP contribution in [0.2, 0.25) is 0 Å². The first-order valence-corrected chi connectivity index (χ1v) is 10.2. The summed E-state index contributed by atoms with van der Waals surface area (Å²) in [5.41, 5.74) is 2.71. The van der Waals surface area contributed by atoms with E-state index in [0.717, 1.165) is 31.5 Å². The Labute approximate surface area is 167 Å². The minimum absolute atomic E-state index is 0.0164. The second-order valence-electron chi connectivity index (χ2n) is 7.70. The first kappa shape index (κ1) is 22.2. The Kier molecular flexibility index (Phi) is 8.33. The number of Topliss-reactive ketones (excluding diaryl/α,β-unsaturated/α-hetero) is 1. The van der Waals surface area contributed by atoms with Crippen molar-refractivity contribution < 1.29 is 19.5 Å². The molecule has 28 heavy (non-hydrogen) atoms. The van der Waals surface area contributed by atoms with Gasteiger partial charge in [0.1, 0.15) is 0 Å². The minimum Gasteiger partial charge on any atom is -0.388 e. The van der Waals surface area contributed by atoms with E-state index in [2.05, 4.69) is 16.7 Å². The zero-order chi connectivity index (χ0) is 20.7. The normalized spacial score (nSPS) is 21.4. The summed E-state index contributed by atoms with van der Waals surface area (Å²) in [7, 11) is 0. The van der Waals surface area contributed by atoms with E-state index in [1.165, 1.54) is 5.56 Å². The summed E-state index contributed by atoms with van der Waals surface area (Å²) in [5, 5.41) is 15.7. The van der Waals surface area contributed by atoms with Gasteiger partial charge in [0.15, 0.2) is 5.78 Å². The molecular formula is C22H32N2O4. The molecule has 1 aromatic rings. The van der Waals surface area contributed by atoms with Crippen LogP contribution >= 0.6 is 0 Å². The van der Waals surface area contributed by atoms with Gasteiger partial charge in [0, 0.05) is 17.9 Å². The third kappa shape index (κ3) is 5.97. The third-order valence-electron chi connectivity index (χ3n) is 5.53. The van der Waals surface area contributed by atoms with E-state index in [9.17, 15) is 19.5 Å². The van der Waals surface area contributed by atoms with Crippen molar-refractivity contribution in [1.82, 2.24) is 10.6 Å². The van der Waals surface area contributed by atoms with Crippen molar-refractivity contribution in [2.45, 2.75) is 64.9 Å². The molecule has 2 unspecified atom stereocenters. The molecule has 2 saturated heterocycles. The van der Waals surface area contributed by atoms with Gasteiger partial charge in [-0.25, -0.2) is 0 Å². The van der Waals surface area contributed by atoms with Crippen LogP contribution in [0, 0.1) is 5.92 Å². The molecule has 1 aromatic carbocycles. The van der Waals surface area contributed by atoms with E-state index < -0.39 is 6.10 Å². The molecule has 0 radical (unpaired) electrons. The molecule has 2 atom stereocenters. The number of hydrogen-bond donors (Lipinski definition) is 3. The number of imide groups is 1. The predicted molar refractivity (Wildman–Crippen MR) is 108 cm³/mol. The van der Waals surface area contributed by atoms with Crippen LogP contribution in [0.15, 0.2) is 18.2 Å². The first-order valence-electron chi connectivity index (χ1n) is 10.2. The quantitative estimate of drug-likeness (QED) is 0.544. The van der Waals surface area contributed by atoms with Crippen LogP contribution < -0.4 is 10.6 Å². The lowest BCUT2D eigenvalue weighted by molar-refractivity contribution is -0.135. The van der Waals surface area contributed by atoms with Gasteiger partial charge in [-0.05, 0) is 62.7 Å². The summed E-state index contributed by atoms with van der Waals surface area (Å²) in [6.45, 7) is 7.41. The molecule has 3 N–H and O–H groups in total. The maximum absolute atomic E-state index is 11.7. The highest BCUT2D eigenvalue weighted by molar-refractivity contribution is 5.98. The van der Waals surface area contributed by atoms with Crippen LogP contribution in [-0.2, 0) is 9.59 Å². The maximum Gasteiger partial charge on any atom is 0.229 e. The number of nitrogens with one attached hydrogen (secondary N) is 2. The number of benzene rings is 1. The Morgan fingerprint density at radius 3 is 2.43 bits per heavy atom. The van der Waals surface area contributed by atoms with Crippen LogP contribution in [0.3, 0.4) is 0 Å². The molecule has 0 bridgehead atoms. The van der Waals surface area contributed by atoms with Gasteiger partial charge in [0.2, 0.25) is 11.8 Å². The van der Waals surface area contributed by atoms with Crippen molar-refractivity contribution in [3.05, 3.63) is 34.9 Å². The molecule has 2 aliphatic rings. The van der Waals surface area contributed by atoms with E-state index in [-0.39, 0.29) is 23.5 Å². The fourth-order valence-corrected chi connectivity index (χ4v) is 3.61. The molecule has 2 amide bonds. The van der Waals surface area contributed by atoms with Gasteiger partial charge in [0.25, 0.3) is 0 Å². The summed E-state index contributed by atoms with van der Waals surface area (Å²) >= 11 is 0. The van der Waals surface area contributed by atoms with E-state index >= 15 is 0 Å². The summed E-state index contributed by atoms with van der Waals surface area (Å²) in [5.74, 6) is 0.316. The maximum atomic E-state index is 11.7. The highest BCUT2D eigenvalue weighted by Crippen LogP contribution is 2.30. The summed E-state index contributed by atoms with van der Waals surface area (Å²) in [4.78, 5) is 32.8. The van der Waals surface area contributed by atoms with Gasteiger partial charge in [0.05, 0.1) is 6.10 Å². The fourth-order valence-electron chi connectivity index (χ4n) is 3.61. The van der Waals surface area contributed by atoms with Gasteiger partial charge in [-0.2, -0.15) is 0 Å². The average molecular weight is 389 g/mol. The highest BCUT2D eigenvalue weighted by atomic mass is 16.3. The monoisotopic (exact) mass is 388 g/mol. The zero-order valence-corrected chi connectivity index (χ0v) is 17.1. The first-order chi connectivity index (χ1) is 13.3. The van der Waals surface area contributed by atoms with Crippen molar-refractivity contribution in [1.29, 1.82) is 0 Å². The van der Waals surface area contributed by atoms with E-state index in [0.29, 0.717) is 30.7 Å². The van der Waals surface area contributed by atoms with E-state index in [1.807, 2.05) is 26.0 Å². The lowest BCUT2D eigenvalue weighted by Crippen LogP contribution is -2.39. The Morgan fingerprint density at radius 2 is 1.89 bits per heavy atom. The molecule has 0 aliphatic carbocycles. The van der Waals surface area contributed by atoms with Crippen LogP contribution in [-0.4, -0.2) is 35.8 Å². The van der Waals surface area contributed by atoms with Crippen LogP contribution in [0.25, 0.3) is 0 Å². The Hall–Kier alpha value is -2.05. The number of carbonyl (C=O) groups excluding carboxylic acids is 3. The number of ketones is 1. The topological polar surface area (TPSA) is 95.5 Å². The molecule has 154 valence electrons. The van der Waals surface area contributed by atoms with Gasteiger partial charge >= 0.3 is 0 Å². The summed E-state index contributed by atoms with van der Waals surface area (Å²) < 4.78 is 0. The Morgan fingerprint density at radius 1 is 1.21 bits per heavy atom. The third-order valence-corrected chi connectivity index (χ3v) is 5.53. The zero-order valence-electron chi connectivity index (χ0n) is 17.1. The lowest BCUT2D eigenvalue weighted by Gasteiger charge is -2.24. The van der Waals surface area contributed by atoms with Crippen LogP contribution in [0.5, 0.6) is 0 Å². The highest BCUT2D eigenvalue weighted by Gasteiger charge is 2.22. The smallest absolute Gasteiger partial charge is 0.229 e. The molecule has 0 aromatic heterocycles. The molecule has 6 nitrogen and oxygen atoms in total. The van der Waals surface area contributed by atoms with Crippen molar-refractivity contribution >= 4 is 17.6 Å². The average Bonchev–Trinajstić information content (AvgIpc) is 2.71. The number of rotatable bonds is 4. The molecule has 3 rings (SSSR count). The summed E-state index contributed by atoms with van der Waals surface area (Å²) in [6, 6.07) is 5.98. The van der Waals surface area contributed by atoms with Gasteiger partial charge < -0.3 is 10.4 Å². The summed E-state index contributed by atoms with van der Waals surface area (Å²) in [6.07, 6.45) is 3.54. The van der Waals surface area contributed by atoms with Crippen molar-refractivity contribution in [2.75, 3.05) is 13.1 Å². The number of carbonyl (C=O) groups is 3. The Balaban J connectivity index is 0.000000261. The Bertz CT molecular complexity index is 710. The van der Waals surface area contributed by atoms with Crippen LogP contribution in [0.4, 0.5) is 0 Å². The molecule has 2 fully saturated rings. The molecule has 0 saturated carbocycles. The SMILES string of the molecule is CC1CCC(=O)NC1=O.CCC(O)c1cc(C2CCNCC2)ccc1C(C)=O. The largest absolute Gasteiger partial charge is 0.388 e. The van der Waals surface area contributed by atoms with Gasteiger partial charge in [-0.15, -0.1) is 0 Å². The second-order valence-corrected chi connectivity index (χ2v) is 7.70. The van der Waals surface area contributed by atoms with Crippen molar-refractivity contribution in [3.63, 3.8) is 0 Å². The van der Waals surface area contributed by atoms with E-state index in [1.54, 1.807) is 6.92 Å². The number of piperidine rings is 2. The van der Waals surface area contributed by atoms with Crippen LogP contribution in [0.1, 0.15) is 86.4 Å². The fraction of sp³-hybridized carbons (Fsp3) is 0.591. The number of aliphatic hydroxyl groups is 1. The van der Waals surface area contributed by atoms with E-state index in [4.69, 9.17) is 0 Å². The number of hydrogen-bond acceptors (Lipinski definition) is 5. The number of aliphatic hydroxyl groups excluding tert-OH is 1. The standard InChI is InChI=1S/C16H23NO2.C6H9NO2/c1-3-16(19)15-10-13(4-5-14(15)11(2)18)12-6-8-17-9-7-12;1-4-2-3-5(8)7-6(4)9/h4-5,10,12,16-17,19H,3,6-9H2,1-2H3;4H,2-3H2,1H3,(H,7,8,9). The second kappa shape index (κ2) is 10.5. The minimum atomic E-state index is -0.541. The molecule has 2 aliphatic heterocycles. The predicted octanol–water partition coefficient (Wildman–Crippen LogP) is 2.86.